The number of piperidine rings is 1. The van der Waals surface area contributed by atoms with Crippen molar-refractivity contribution < 1.29 is 13.9 Å². The summed E-state index contributed by atoms with van der Waals surface area (Å²) in [7, 11) is 3.56. The fourth-order valence-electron chi connectivity index (χ4n) is 6.48. The van der Waals surface area contributed by atoms with Gasteiger partial charge in [-0.3, -0.25) is 4.79 Å². The molecule has 1 amide bonds. The molecule has 7 nitrogen and oxygen atoms in total. The van der Waals surface area contributed by atoms with Gasteiger partial charge in [0.15, 0.2) is 5.82 Å². The zero-order valence-electron chi connectivity index (χ0n) is 20.6. The number of hydrogen-bond donors (Lipinski definition) is 1. The van der Waals surface area contributed by atoms with E-state index in [2.05, 4.69) is 4.57 Å². The Hall–Kier alpha value is -3.39. The highest BCUT2D eigenvalue weighted by molar-refractivity contribution is 6.00. The van der Waals surface area contributed by atoms with Crippen LogP contribution in [0.5, 0.6) is 5.75 Å². The highest BCUT2D eigenvalue weighted by atomic mass is 19.1. The molecule has 3 fully saturated rings. The van der Waals surface area contributed by atoms with Crippen molar-refractivity contribution in [3.8, 4) is 17.3 Å². The summed E-state index contributed by atoms with van der Waals surface area (Å²) in [4.78, 5) is 20.4. The van der Waals surface area contributed by atoms with E-state index in [-0.39, 0.29) is 23.8 Å². The fraction of sp³-hybridized carbons (Fsp3) is 0.429. The maximum Gasteiger partial charge on any atom is 0.254 e. The Morgan fingerprint density at radius 2 is 2.00 bits per heavy atom. The first-order valence-electron chi connectivity index (χ1n) is 12.8. The topological polar surface area (TPSA) is 78.3 Å². The van der Waals surface area contributed by atoms with Crippen molar-refractivity contribution in [1.29, 1.82) is 0 Å². The number of carbonyl (C=O) groups is 1. The molecule has 2 saturated carbocycles. The first kappa shape index (κ1) is 21.9. The minimum absolute atomic E-state index is 0.0185. The van der Waals surface area contributed by atoms with Crippen molar-refractivity contribution in [3.63, 3.8) is 0 Å². The standard InChI is InChI=1S/C28H30FN5O2/c1-32-26-20(10-18(12-23(26)36-2)28(35)34-14-17-8-9-21(34)24(17)30)31-27(32)22-11-16-4-3-5-19(29)25(16)33(22)13-15-6-7-15/h3-5,10-12,15,17,21,24H,6-9,13-14,30H2,1-2H3/t17-,21-,24?/m1/s1. The largest absolute Gasteiger partial charge is 0.494 e. The molecular weight excluding hydrogens is 457 g/mol. The number of likely N-dealkylation sites (tertiary alicyclic amines) is 1. The molecule has 3 aliphatic rings. The van der Waals surface area contributed by atoms with Gasteiger partial charge in [0, 0.05) is 43.2 Å². The summed E-state index contributed by atoms with van der Waals surface area (Å²) < 4.78 is 24.8. The van der Waals surface area contributed by atoms with Crippen LogP contribution in [0.3, 0.4) is 0 Å². The van der Waals surface area contributed by atoms with Crippen molar-refractivity contribution in [2.24, 2.45) is 24.6 Å². The van der Waals surface area contributed by atoms with Crippen molar-refractivity contribution in [3.05, 3.63) is 47.8 Å². The quantitative estimate of drug-likeness (QED) is 0.455. The smallest absolute Gasteiger partial charge is 0.254 e. The number of halogens is 1. The van der Waals surface area contributed by atoms with Gasteiger partial charge in [-0.15, -0.1) is 0 Å². The lowest BCUT2D eigenvalue weighted by atomic mass is 10.1. The average Bonchev–Trinajstić information content (AvgIpc) is 3.26. The minimum Gasteiger partial charge on any atom is -0.494 e. The van der Waals surface area contributed by atoms with Crippen molar-refractivity contribution in [2.75, 3.05) is 13.7 Å². The first-order chi connectivity index (χ1) is 17.4. The number of aromatic nitrogens is 3. The van der Waals surface area contributed by atoms with Gasteiger partial charge in [-0.1, -0.05) is 12.1 Å². The predicted octanol–water partition coefficient (Wildman–Crippen LogP) is 4.31. The second-order valence-corrected chi connectivity index (χ2v) is 10.7. The van der Waals surface area contributed by atoms with Gasteiger partial charge in [0.25, 0.3) is 5.91 Å². The number of nitrogens with two attached hydrogens (primary N) is 1. The van der Waals surface area contributed by atoms with Gasteiger partial charge in [0.2, 0.25) is 0 Å². The van der Waals surface area contributed by atoms with E-state index < -0.39 is 0 Å². The van der Waals surface area contributed by atoms with Crippen LogP contribution < -0.4 is 10.5 Å². The molecule has 3 atom stereocenters. The third kappa shape index (κ3) is 3.13. The SMILES string of the molecule is COc1cc(C(=O)N2C[C@H]3CC[C@@H]2C3N)cc2nc(-c3cc4cccc(F)c4n3CC3CC3)n(C)c12. The van der Waals surface area contributed by atoms with Crippen LogP contribution in [0.2, 0.25) is 0 Å². The van der Waals surface area contributed by atoms with Crippen LogP contribution in [0.25, 0.3) is 33.5 Å². The number of fused-ring (bicyclic) bond motifs is 4. The van der Waals surface area contributed by atoms with E-state index in [1.54, 1.807) is 13.2 Å². The van der Waals surface area contributed by atoms with E-state index in [9.17, 15) is 9.18 Å². The molecule has 2 bridgehead atoms. The summed E-state index contributed by atoms with van der Waals surface area (Å²) in [5, 5.41) is 0.862. The van der Waals surface area contributed by atoms with Crippen molar-refractivity contribution >= 4 is 27.8 Å². The number of hydrogen-bond acceptors (Lipinski definition) is 4. The lowest BCUT2D eigenvalue weighted by Crippen LogP contribution is -2.41. The summed E-state index contributed by atoms with van der Waals surface area (Å²) in [6, 6.07) is 11.1. The molecule has 0 spiro atoms. The maximum absolute atomic E-state index is 14.9. The Kier molecular flexibility index (Phi) is 4.74. The Morgan fingerprint density at radius 1 is 1.17 bits per heavy atom. The molecule has 1 unspecified atom stereocenters. The molecule has 3 heterocycles. The van der Waals surface area contributed by atoms with E-state index in [1.807, 2.05) is 40.8 Å². The Morgan fingerprint density at radius 3 is 2.69 bits per heavy atom. The van der Waals surface area contributed by atoms with Gasteiger partial charge in [-0.25, -0.2) is 9.37 Å². The first-order valence-corrected chi connectivity index (χ1v) is 12.8. The third-order valence-electron chi connectivity index (χ3n) is 8.55. The number of aryl methyl sites for hydroxylation is 1. The number of methoxy groups -OCH3 is 1. The van der Waals surface area contributed by atoms with Crippen LogP contribution >= 0.6 is 0 Å². The molecule has 2 N–H and O–H groups in total. The van der Waals surface area contributed by atoms with Crippen molar-refractivity contribution in [2.45, 2.75) is 44.3 Å². The molecule has 4 aromatic rings. The number of para-hydroxylation sites is 1. The van der Waals surface area contributed by atoms with Gasteiger partial charge in [-0.05, 0) is 61.8 Å². The lowest BCUT2D eigenvalue weighted by molar-refractivity contribution is 0.0700. The number of imidazole rings is 1. The van der Waals surface area contributed by atoms with E-state index in [0.717, 1.165) is 54.6 Å². The number of ether oxygens (including phenoxy) is 1. The van der Waals surface area contributed by atoms with Gasteiger partial charge in [-0.2, -0.15) is 0 Å². The molecule has 36 heavy (non-hydrogen) atoms. The van der Waals surface area contributed by atoms with E-state index in [4.69, 9.17) is 15.5 Å². The summed E-state index contributed by atoms with van der Waals surface area (Å²) in [6.07, 6.45) is 4.39. The average molecular weight is 488 g/mol. The molecule has 1 saturated heterocycles. The number of nitrogens with zero attached hydrogens (tertiary/aromatic N) is 4. The lowest BCUT2D eigenvalue weighted by Gasteiger charge is -2.27. The number of rotatable bonds is 5. The zero-order valence-corrected chi connectivity index (χ0v) is 20.6. The normalized spacial score (nSPS) is 23.3. The number of benzene rings is 2. The number of carbonyl (C=O) groups excluding carboxylic acids is 1. The van der Waals surface area contributed by atoms with Crippen molar-refractivity contribution in [1.82, 2.24) is 19.0 Å². The zero-order chi connectivity index (χ0) is 24.7. The molecule has 1 aliphatic heterocycles. The summed E-state index contributed by atoms with van der Waals surface area (Å²) >= 11 is 0. The van der Waals surface area contributed by atoms with Crippen LogP contribution in [-0.4, -0.2) is 50.7 Å². The molecule has 186 valence electrons. The van der Waals surface area contributed by atoms with Crippen LogP contribution in [0.4, 0.5) is 4.39 Å². The van der Waals surface area contributed by atoms with Gasteiger partial charge in [0.1, 0.15) is 17.1 Å². The Labute approximate surface area is 208 Å². The molecule has 2 aliphatic carbocycles. The third-order valence-corrected chi connectivity index (χ3v) is 8.55. The Bertz CT molecular complexity index is 1530. The highest BCUT2D eigenvalue weighted by Crippen LogP contribution is 2.40. The van der Waals surface area contributed by atoms with E-state index in [1.165, 1.54) is 6.07 Å². The summed E-state index contributed by atoms with van der Waals surface area (Å²) in [6.45, 7) is 1.48. The van der Waals surface area contributed by atoms with Crippen LogP contribution in [0.15, 0.2) is 36.4 Å². The molecule has 8 heteroatoms. The molecule has 0 radical (unpaired) electrons. The molecule has 2 aromatic heterocycles. The molecular formula is C28H30FN5O2. The van der Waals surface area contributed by atoms with Crippen LogP contribution in [0, 0.1) is 17.7 Å². The summed E-state index contributed by atoms with van der Waals surface area (Å²) in [5.74, 6) is 2.04. The van der Waals surface area contributed by atoms with Gasteiger partial charge < -0.3 is 24.5 Å². The summed E-state index contributed by atoms with van der Waals surface area (Å²) in [5.41, 5.74) is 9.91. The monoisotopic (exact) mass is 487 g/mol. The fourth-order valence-corrected chi connectivity index (χ4v) is 6.48. The van der Waals surface area contributed by atoms with Crippen LogP contribution in [-0.2, 0) is 13.6 Å². The second kappa shape index (κ2) is 7.80. The predicted molar refractivity (Wildman–Crippen MR) is 136 cm³/mol. The molecule has 2 aromatic carbocycles. The van der Waals surface area contributed by atoms with E-state index in [0.29, 0.717) is 40.7 Å². The molecule has 7 rings (SSSR count). The highest BCUT2D eigenvalue weighted by Gasteiger charge is 2.47. The minimum atomic E-state index is -0.221. The van der Waals surface area contributed by atoms with E-state index >= 15 is 0 Å². The van der Waals surface area contributed by atoms with Gasteiger partial charge >= 0.3 is 0 Å². The Balaban J connectivity index is 1.36. The number of amides is 1. The van der Waals surface area contributed by atoms with Crippen LogP contribution in [0.1, 0.15) is 36.0 Å². The maximum atomic E-state index is 14.9. The second-order valence-electron chi connectivity index (χ2n) is 10.7. The van der Waals surface area contributed by atoms with Gasteiger partial charge in [0.05, 0.1) is 23.8 Å².